The molecule has 0 saturated heterocycles. The summed E-state index contributed by atoms with van der Waals surface area (Å²) in [5, 5.41) is 2.53. The Kier molecular flexibility index (Phi) is 24.9. The van der Waals surface area contributed by atoms with Crippen molar-refractivity contribution in [2.24, 2.45) is 5.92 Å². The first-order valence-electron chi connectivity index (χ1n) is 12.6. The van der Waals surface area contributed by atoms with Gasteiger partial charge in [-0.15, -0.1) is 26.2 Å². The Bertz CT molecular complexity index is 833. The molecule has 6 heteroatoms. The monoisotopic (exact) mass is 847 g/mol. The Hall–Kier alpha value is -1.11. The Morgan fingerprint density at radius 1 is 0.757 bits per heavy atom. The Morgan fingerprint density at radius 2 is 1.27 bits per heavy atom. The third-order valence-corrected chi connectivity index (χ3v) is 5.65. The van der Waals surface area contributed by atoms with E-state index in [1.54, 1.807) is 7.05 Å². The number of carbonyl (C=O) groups excluding carboxylic acids is 1. The van der Waals surface area contributed by atoms with Crippen LogP contribution in [-0.4, -0.2) is 39.1 Å². The molecule has 0 aliphatic heterocycles. The maximum absolute atomic E-state index is 10.4. The van der Waals surface area contributed by atoms with Gasteiger partial charge in [-0.2, -0.15) is 0 Å². The normalized spacial score (nSPS) is 9.78. The molecule has 0 heterocycles. The zero-order chi connectivity index (χ0) is 27.0. The zero-order valence-corrected chi connectivity index (χ0v) is 30.0. The third kappa shape index (κ3) is 15.2. The molecule has 0 fully saturated rings. The van der Waals surface area contributed by atoms with Gasteiger partial charge in [0.1, 0.15) is 0 Å². The number of hydrogen-bond donors (Lipinski definition) is 1. The van der Waals surface area contributed by atoms with Crippen LogP contribution in [0.2, 0.25) is 0 Å². The smallest absolute Gasteiger partial charge is 0.432 e. The van der Waals surface area contributed by atoms with Crippen molar-refractivity contribution in [2.75, 3.05) is 43.0 Å². The minimum Gasteiger partial charge on any atom is -0.432 e. The fourth-order valence-corrected chi connectivity index (χ4v) is 3.36. The van der Waals surface area contributed by atoms with E-state index < -0.39 is 0 Å². The topological polar surface area (TPSA) is 35.6 Å². The second-order valence-electron chi connectivity index (χ2n) is 9.21. The van der Waals surface area contributed by atoms with Crippen LogP contribution in [0.25, 0.3) is 0 Å². The van der Waals surface area contributed by atoms with E-state index in [1.807, 2.05) is 13.8 Å². The van der Waals surface area contributed by atoms with E-state index in [0.717, 1.165) is 26.2 Å². The van der Waals surface area contributed by atoms with Crippen molar-refractivity contribution in [1.82, 2.24) is 5.32 Å². The Balaban J connectivity index is -0.000000482. The van der Waals surface area contributed by atoms with Crippen LogP contribution in [0, 0.1) is 33.6 Å². The van der Waals surface area contributed by atoms with Crippen molar-refractivity contribution >= 4 is 17.3 Å². The number of carbonyl (C=O) groups is 1. The summed E-state index contributed by atoms with van der Waals surface area (Å²) in [7, 11) is 1.64. The van der Waals surface area contributed by atoms with Crippen LogP contribution in [0.5, 0.6) is 0 Å². The van der Waals surface area contributed by atoms with E-state index in [4.69, 9.17) is 0 Å². The molecule has 0 spiro atoms. The van der Waals surface area contributed by atoms with Crippen molar-refractivity contribution in [3.05, 3.63) is 87.4 Å². The maximum Gasteiger partial charge on any atom is 2.00 e. The van der Waals surface area contributed by atoms with Gasteiger partial charge in [0.2, 0.25) is 5.91 Å². The maximum atomic E-state index is 10.4. The van der Waals surface area contributed by atoms with Crippen LogP contribution < -0.4 is 15.1 Å². The van der Waals surface area contributed by atoms with Gasteiger partial charge in [-0.05, 0) is 41.2 Å². The first-order chi connectivity index (χ1) is 16.6. The molecule has 206 valence electrons. The number of amides is 1. The molecular weight excluding hydrogens is 798 g/mol. The van der Waals surface area contributed by atoms with Gasteiger partial charge >= 0.3 is 42.1 Å². The summed E-state index contributed by atoms with van der Waals surface area (Å²) in [5.41, 5.74) is 5.24. The molecule has 0 unspecified atom stereocenters. The number of hydrogen-bond acceptors (Lipinski definition) is 3. The van der Waals surface area contributed by atoms with E-state index in [9.17, 15) is 4.79 Å². The van der Waals surface area contributed by atoms with Gasteiger partial charge in [0.05, 0.1) is 0 Å². The molecule has 0 aromatic heterocycles. The molecule has 2 aromatic rings. The molecule has 0 atom stereocenters. The van der Waals surface area contributed by atoms with Crippen molar-refractivity contribution in [3.8, 4) is 0 Å². The van der Waals surface area contributed by atoms with Gasteiger partial charge in [-0.3, -0.25) is 4.79 Å². The predicted octanol–water partition coefficient (Wildman–Crippen LogP) is 6.95. The average molecular weight is 847 g/mol. The van der Waals surface area contributed by atoms with Gasteiger partial charge in [-0.1, -0.05) is 71.9 Å². The van der Waals surface area contributed by atoms with Crippen LogP contribution in [0.15, 0.2) is 48.5 Å². The summed E-state index contributed by atoms with van der Waals surface area (Å²) < 4.78 is 0. The average Bonchev–Trinajstić information content (AvgIpc) is 2.86. The molecule has 0 aliphatic carbocycles. The van der Waals surface area contributed by atoms with Crippen molar-refractivity contribution in [1.29, 1.82) is 0 Å². The van der Waals surface area contributed by atoms with E-state index in [2.05, 4.69) is 119 Å². The molecule has 0 aliphatic rings. The Morgan fingerprint density at radius 3 is 1.65 bits per heavy atom. The summed E-state index contributed by atoms with van der Waals surface area (Å²) in [5.74, 6) is 1.34. The van der Waals surface area contributed by atoms with Crippen molar-refractivity contribution in [2.45, 2.75) is 53.4 Å². The fourth-order valence-electron chi connectivity index (χ4n) is 3.36. The second-order valence-corrected chi connectivity index (χ2v) is 9.21. The van der Waals surface area contributed by atoms with Gasteiger partial charge in [0, 0.05) is 24.3 Å². The minimum absolute atomic E-state index is 0. The molecule has 4 nitrogen and oxygen atoms in total. The van der Waals surface area contributed by atoms with Crippen molar-refractivity contribution < 1.29 is 46.9 Å². The fraction of sp³-hybridized carbons (Fsp3) is 0.452. The van der Waals surface area contributed by atoms with Crippen LogP contribution >= 0.6 is 0 Å². The Labute approximate surface area is 257 Å². The molecular formula is C31H49N3OW2. The van der Waals surface area contributed by atoms with Gasteiger partial charge in [-0.25, -0.2) is 0 Å². The number of nitrogens with one attached hydrogen (secondary N) is 1. The summed E-state index contributed by atoms with van der Waals surface area (Å²) in [4.78, 5) is 14.7. The SMILES string of the molecule is CNC(=O)C(C)C.[CH2-]CN(C[CH2-])c1cccc(C(C)C)c1.[CH2-]CN(C[CH2-])c1ccccc1C(C)C.[W+2].[W+2]. The predicted molar refractivity (Wildman–Crippen MR) is 156 cm³/mol. The number of nitrogens with zero attached hydrogens (tertiary/aromatic N) is 2. The molecule has 1 N–H and O–H groups in total. The summed E-state index contributed by atoms with van der Waals surface area (Å²) in [6.45, 7) is 31.3. The third-order valence-electron chi connectivity index (χ3n) is 5.65. The van der Waals surface area contributed by atoms with Crippen LogP contribution in [-0.2, 0) is 46.9 Å². The zero-order valence-electron chi connectivity index (χ0n) is 24.1. The molecule has 0 bridgehead atoms. The molecule has 37 heavy (non-hydrogen) atoms. The largest absolute Gasteiger partial charge is 2.00 e. The first-order valence-corrected chi connectivity index (χ1v) is 12.6. The minimum atomic E-state index is 0. The van der Waals surface area contributed by atoms with Crippen LogP contribution in [0.3, 0.4) is 0 Å². The number of anilines is 2. The van der Waals surface area contributed by atoms with E-state index in [-0.39, 0.29) is 54.0 Å². The van der Waals surface area contributed by atoms with E-state index in [1.165, 1.54) is 22.5 Å². The number of rotatable bonds is 9. The van der Waals surface area contributed by atoms with Gasteiger partial charge in [0.25, 0.3) is 0 Å². The quantitative estimate of drug-likeness (QED) is 0.278. The standard InChI is InChI=1S/2C13H19N.C5H11NO.2W/c1-5-14(6-2)13-9-7-8-12(10-13)11(3)4;1-5-14(6-2)13-10-8-7-9-12(13)11(3)4;1-4(2)5(7)6-3;;/h2*7-11H,1-2,5-6H2,3-4H3;4H,1-3H3,(H,6,7);;/q2*-2;;2*+2. The summed E-state index contributed by atoms with van der Waals surface area (Å²) >= 11 is 0. The summed E-state index contributed by atoms with van der Waals surface area (Å²) in [6, 6.07) is 17.1. The molecule has 1 amide bonds. The second kappa shape index (κ2) is 22.8. The van der Waals surface area contributed by atoms with Crippen molar-refractivity contribution in [3.63, 3.8) is 0 Å². The number of para-hydroxylation sites is 1. The molecule has 2 aromatic carbocycles. The first kappa shape index (κ1) is 40.4. The van der Waals surface area contributed by atoms with E-state index in [0.29, 0.717) is 11.8 Å². The van der Waals surface area contributed by atoms with Gasteiger partial charge in [0.15, 0.2) is 0 Å². The number of benzene rings is 2. The van der Waals surface area contributed by atoms with Crippen LogP contribution in [0.4, 0.5) is 11.4 Å². The molecule has 0 radical (unpaired) electrons. The molecule has 0 saturated carbocycles. The van der Waals surface area contributed by atoms with Crippen LogP contribution in [0.1, 0.15) is 64.5 Å². The molecule has 2 rings (SSSR count). The van der Waals surface area contributed by atoms with Gasteiger partial charge < -0.3 is 42.8 Å². The van der Waals surface area contributed by atoms with E-state index >= 15 is 0 Å². The summed E-state index contributed by atoms with van der Waals surface area (Å²) in [6.07, 6.45) is 0.